The van der Waals surface area contributed by atoms with Crippen LogP contribution >= 0.6 is 0 Å². The number of benzene rings is 1. The highest BCUT2D eigenvalue weighted by Crippen LogP contribution is 2.35. The van der Waals surface area contributed by atoms with Crippen LogP contribution in [0.4, 0.5) is 11.5 Å². The number of aryl methyl sites for hydroxylation is 1. The van der Waals surface area contributed by atoms with Gasteiger partial charge < -0.3 is 15.8 Å². The summed E-state index contributed by atoms with van der Waals surface area (Å²) in [6.45, 7) is 3.89. The van der Waals surface area contributed by atoms with Gasteiger partial charge in [0.25, 0.3) is 5.91 Å². The Morgan fingerprint density at radius 3 is 3.17 bits per heavy atom. The van der Waals surface area contributed by atoms with Gasteiger partial charge in [-0.25, -0.2) is 0 Å². The van der Waals surface area contributed by atoms with E-state index in [0.717, 1.165) is 47.5 Å². The third kappa shape index (κ3) is 2.21. The fraction of sp³-hybridized carbons (Fsp3) is 0.412. The van der Waals surface area contributed by atoms with E-state index in [2.05, 4.69) is 23.4 Å². The molecule has 6 heteroatoms. The number of aromatic nitrogens is 2. The van der Waals surface area contributed by atoms with Crippen LogP contribution in [0.15, 0.2) is 18.2 Å². The normalized spacial score (nSPS) is 19.6. The third-order valence-corrected chi connectivity index (χ3v) is 4.76. The molecule has 0 amide bonds. The Hall–Kier alpha value is -2.34. The molecule has 4 rings (SSSR count). The minimum absolute atomic E-state index is 0.0507. The Balaban J connectivity index is 1.74. The molecule has 1 aromatic heterocycles. The highest BCUT2D eigenvalue weighted by Gasteiger charge is 2.31. The van der Waals surface area contributed by atoms with Crippen LogP contribution in [0.1, 0.15) is 39.5 Å². The Labute approximate surface area is 134 Å². The van der Waals surface area contributed by atoms with Crippen LogP contribution in [0.3, 0.4) is 0 Å². The standard InChI is InChI=1S/C17H20N4O2/c1-10-3-2-4-11-12(5-7-19-15(10)11)17(22)21-16(18)13-6-8-23-9-14(13)20-21/h2-4,12,19H,5-9,18H2,1H3/t12-/m1/s1. The van der Waals surface area contributed by atoms with E-state index in [1.54, 1.807) is 0 Å². The van der Waals surface area contributed by atoms with Crippen LogP contribution in [0.25, 0.3) is 0 Å². The minimum atomic E-state index is -0.212. The van der Waals surface area contributed by atoms with Crippen LogP contribution in [-0.2, 0) is 17.8 Å². The topological polar surface area (TPSA) is 82.2 Å². The maximum absolute atomic E-state index is 13.1. The van der Waals surface area contributed by atoms with Gasteiger partial charge in [-0.1, -0.05) is 18.2 Å². The van der Waals surface area contributed by atoms with Crippen molar-refractivity contribution in [1.82, 2.24) is 9.78 Å². The van der Waals surface area contributed by atoms with Crippen molar-refractivity contribution in [3.05, 3.63) is 40.6 Å². The molecule has 0 bridgehead atoms. The monoisotopic (exact) mass is 312 g/mol. The first kappa shape index (κ1) is 14.3. The van der Waals surface area contributed by atoms with Gasteiger partial charge in [-0.3, -0.25) is 4.79 Å². The number of carbonyl (C=O) groups excluding carboxylic acids is 1. The fourth-order valence-corrected chi connectivity index (χ4v) is 3.53. The van der Waals surface area contributed by atoms with E-state index in [0.29, 0.717) is 19.0 Å². The van der Waals surface area contributed by atoms with Gasteiger partial charge in [0.05, 0.1) is 24.8 Å². The minimum Gasteiger partial charge on any atom is -0.385 e. The second kappa shape index (κ2) is 5.38. The van der Waals surface area contributed by atoms with Crippen molar-refractivity contribution in [1.29, 1.82) is 0 Å². The fourth-order valence-electron chi connectivity index (χ4n) is 3.53. The molecule has 0 fully saturated rings. The Bertz CT molecular complexity index is 781. The number of ether oxygens (including phenoxy) is 1. The molecule has 6 nitrogen and oxygen atoms in total. The first-order valence-corrected chi connectivity index (χ1v) is 7.98. The summed E-state index contributed by atoms with van der Waals surface area (Å²) in [6, 6.07) is 6.06. The predicted octanol–water partition coefficient (Wildman–Crippen LogP) is 2.09. The van der Waals surface area contributed by atoms with E-state index >= 15 is 0 Å². The number of nitrogen functional groups attached to an aromatic ring is 1. The van der Waals surface area contributed by atoms with E-state index in [4.69, 9.17) is 10.5 Å². The number of hydrogen-bond acceptors (Lipinski definition) is 5. The molecule has 3 heterocycles. The lowest BCUT2D eigenvalue weighted by Crippen LogP contribution is -2.28. The molecule has 3 N–H and O–H groups in total. The van der Waals surface area contributed by atoms with Gasteiger partial charge in [0, 0.05) is 24.2 Å². The number of anilines is 2. The number of nitrogens with one attached hydrogen (secondary N) is 1. The summed E-state index contributed by atoms with van der Waals surface area (Å²) < 4.78 is 6.80. The number of nitrogens with two attached hydrogens (primary N) is 1. The van der Waals surface area contributed by atoms with Crippen molar-refractivity contribution in [3.63, 3.8) is 0 Å². The summed E-state index contributed by atoms with van der Waals surface area (Å²) in [7, 11) is 0. The number of nitrogens with zero attached hydrogens (tertiary/aromatic N) is 2. The molecule has 0 saturated heterocycles. The lowest BCUT2D eigenvalue weighted by molar-refractivity contribution is 0.0854. The number of fused-ring (bicyclic) bond motifs is 2. The molecule has 0 unspecified atom stereocenters. The van der Waals surface area contributed by atoms with Gasteiger partial charge in [0.1, 0.15) is 5.82 Å². The molecule has 2 aromatic rings. The van der Waals surface area contributed by atoms with Crippen molar-refractivity contribution < 1.29 is 9.53 Å². The molecular formula is C17H20N4O2. The van der Waals surface area contributed by atoms with Crippen molar-refractivity contribution in [2.45, 2.75) is 32.3 Å². The summed E-state index contributed by atoms with van der Waals surface area (Å²) in [6.07, 6.45) is 1.46. The molecule has 0 radical (unpaired) electrons. The van der Waals surface area contributed by atoms with E-state index in [-0.39, 0.29) is 11.8 Å². The lowest BCUT2D eigenvalue weighted by Gasteiger charge is -2.27. The van der Waals surface area contributed by atoms with Crippen LogP contribution in [0.2, 0.25) is 0 Å². The average molecular weight is 312 g/mol. The highest BCUT2D eigenvalue weighted by atomic mass is 16.5. The SMILES string of the molecule is Cc1cccc2c1NCC[C@H]2C(=O)n1nc2c(c1N)CCOC2. The third-order valence-electron chi connectivity index (χ3n) is 4.76. The largest absolute Gasteiger partial charge is 0.385 e. The number of rotatable bonds is 1. The molecule has 2 aliphatic heterocycles. The Morgan fingerprint density at radius 2 is 2.35 bits per heavy atom. The molecule has 0 saturated carbocycles. The van der Waals surface area contributed by atoms with Gasteiger partial charge in [-0.2, -0.15) is 9.78 Å². The zero-order chi connectivity index (χ0) is 16.0. The van der Waals surface area contributed by atoms with Crippen LogP contribution in [0, 0.1) is 6.92 Å². The molecule has 1 atom stereocenters. The predicted molar refractivity (Wildman–Crippen MR) is 87.7 cm³/mol. The summed E-state index contributed by atoms with van der Waals surface area (Å²) in [5.41, 5.74) is 11.2. The van der Waals surface area contributed by atoms with Crippen LogP contribution in [-0.4, -0.2) is 28.8 Å². The van der Waals surface area contributed by atoms with Crippen molar-refractivity contribution >= 4 is 17.4 Å². The molecule has 0 spiro atoms. The second-order valence-electron chi connectivity index (χ2n) is 6.17. The summed E-state index contributed by atoms with van der Waals surface area (Å²) in [5.74, 6) is 0.210. The molecule has 0 aliphatic carbocycles. The summed E-state index contributed by atoms with van der Waals surface area (Å²) in [5, 5.41) is 7.82. The lowest BCUT2D eigenvalue weighted by atomic mass is 9.88. The molecule has 120 valence electrons. The molecular weight excluding hydrogens is 292 g/mol. The highest BCUT2D eigenvalue weighted by molar-refractivity contribution is 5.90. The van der Waals surface area contributed by atoms with E-state index in [1.807, 2.05) is 12.1 Å². The van der Waals surface area contributed by atoms with Gasteiger partial charge in [-0.05, 0) is 24.5 Å². The number of carbonyl (C=O) groups is 1. The van der Waals surface area contributed by atoms with Gasteiger partial charge in [-0.15, -0.1) is 0 Å². The van der Waals surface area contributed by atoms with Crippen molar-refractivity contribution in [3.8, 4) is 0 Å². The van der Waals surface area contributed by atoms with Crippen molar-refractivity contribution in [2.24, 2.45) is 0 Å². The van der Waals surface area contributed by atoms with E-state index in [9.17, 15) is 4.79 Å². The number of hydrogen-bond donors (Lipinski definition) is 2. The quantitative estimate of drug-likeness (QED) is 0.842. The zero-order valence-electron chi connectivity index (χ0n) is 13.1. The van der Waals surface area contributed by atoms with E-state index < -0.39 is 0 Å². The Kier molecular flexibility index (Phi) is 3.34. The first-order valence-electron chi connectivity index (χ1n) is 7.98. The molecule has 23 heavy (non-hydrogen) atoms. The summed E-state index contributed by atoms with van der Waals surface area (Å²) >= 11 is 0. The average Bonchev–Trinajstić information content (AvgIpc) is 2.92. The number of para-hydroxylation sites is 1. The van der Waals surface area contributed by atoms with Gasteiger partial charge in [0.2, 0.25) is 0 Å². The maximum atomic E-state index is 13.1. The van der Waals surface area contributed by atoms with E-state index in [1.165, 1.54) is 4.68 Å². The zero-order valence-corrected chi connectivity index (χ0v) is 13.1. The molecule has 2 aliphatic rings. The maximum Gasteiger partial charge on any atom is 0.256 e. The van der Waals surface area contributed by atoms with Gasteiger partial charge in [0.15, 0.2) is 0 Å². The van der Waals surface area contributed by atoms with Crippen molar-refractivity contribution in [2.75, 3.05) is 24.2 Å². The molecule has 1 aromatic carbocycles. The van der Waals surface area contributed by atoms with Gasteiger partial charge >= 0.3 is 0 Å². The smallest absolute Gasteiger partial charge is 0.256 e. The first-order chi connectivity index (χ1) is 11.2. The second-order valence-corrected chi connectivity index (χ2v) is 6.17. The van der Waals surface area contributed by atoms with Crippen LogP contribution < -0.4 is 11.1 Å². The summed E-state index contributed by atoms with van der Waals surface area (Å²) in [4.78, 5) is 13.1. The van der Waals surface area contributed by atoms with Crippen LogP contribution in [0.5, 0.6) is 0 Å². The Morgan fingerprint density at radius 1 is 1.48 bits per heavy atom.